The molecular weight excluding hydrogens is 336 g/mol. The molecule has 0 spiro atoms. The molecule has 3 aromatic rings. The Kier molecular flexibility index (Phi) is 5.40. The minimum Gasteiger partial charge on any atom is -0.453 e. The number of amides is 1. The summed E-state index contributed by atoms with van der Waals surface area (Å²) in [5.41, 5.74) is 1.61. The zero-order valence-corrected chi connectivity index (χ0v) is 14.6. The molecule has 0 aliphatic carbocycles. The van der Waals surface area contributed by atoms with Crippen molar-refractivity contribution in [2.24, 2.45) is 0 Å². The summed E-state index contributed by atoms with van der Waals surface area (Å²) in [4.78, 5) is 28.5. The SMILES string of the molecule is CC(OC(=O)CCc1nc2ccccc2s1)C(=O)Nc1ccccc1. The number of aryl methyl sites for hydroxylation is 1. The third kappa shape index (κ3) is 4.64. The molecule has 0 bridgehead atoms. The number of nitrogens with zero attached hydrogens (tertiary/aromatic N) is 1. The summed E-state index contributed by atoms with van der Waals surface area (Å²) in [7, 11) is 0. The first-order valence-electron chi connectivity index (χ1n) is 8.01. The van der Waals surface area contributed by atoms with Crippen LogP contribution in [0.1, 0.15) is 18.4 Å². The highest BCUT2D eigenvalue weighted by atomic mass is 32.1. The van der Waals surface area contributed by atoms with Crippen molar-refractivity contribution in [3.63, 3.8) is 0 Å². The molecule has 128 valence electrons. The molecule has 1 atom stereocenters. The van der Waals surface area contributed by atoms with Gasteiger partial charge in [-0.15, -0.1) is 11.3 Å². The Hall–Kier alpha value is -2.73. The first-order valence-corrected chi connectivity index (χ1v) is 8.83. The number of anilines is 1. The molecule has 0 fully saturated rings. The van der Waals surface area contributed by atoms with Crippen LogP contribution in [0.3, 0.4) is 0 Å². The van der Waals surface area contributed by atoms with Crippen LogP contribution in [-0.2, 0) is 20.7 Å². The van der Waals surface area contributed by atoms with Crippen LogP contribution >= 0.6 is 11.3 Å². The quantitative estimate of drug-likeness (QED) is 0.684. The Morgan fingerprint density at radius 1 is 1.12 bits per heavy atom. The maximum Gasteiger partial charge on any atom is 0.306 e. The minimum atomic E-state index is -0.844. The molecule has 1 unspecified atom stereocenters. The van der Waals surface area contributed by atoms with Gasteiger partial charge in [-0.3, -0.25) is 9.59 Å². The number of nitrogens with one attached hydrogen (secondary N) is 1. The van der Waals surface area contributed by atoms with E-state index in [0.29, 0.717) is 12.1 Å². The van der Waals surface area contributed by atoms with Crippen LogP contribution in [-0.4, -0.2) is 23.0 Å². The molecule has 3 rings (SSSR count). The fraction of sp³-hybridized carbons (Fsp3) is 0.211. The average molecular weight is 354 g/mol. The Balaban J connectivity index is 1.49. The summed E-state index contributed by atoms with van der Waals surface area (Å²) < 4.78 is 6.30. The number of benzene rings is 2. The normalized spacial score (nSPS) is 11.9. The fourth-order valence-electron chi connectivity index (χ4n) is 2.31. The number of hydrogen-bond donors (Lipinski definition) is 1. The predicted molar refractivity (Wildman–Crippen MR) is 98.6 cm³/mol. The monoisotopic (exact) mass is 354 g/mol. The predicted octanol–water partition coefficient (Wildman–Crippen LogP) is 3.80. The van der Waals surface area contributed by atoms with Crippen LogP contribution in [0.4, 0.5) is 5.69 Å². The van der Waals surface area contributed by atoms with Gasteiger partial charge in [-0.2, -0.15) is 0 Å². The fourth-order valence-corrected chi connectivity index (χ4v) is 3.28. The van der Waals surface area contributed by atoms with Crippen molar-refractivity contribution >= 4 is 39.1 Å². The molecule has 1 heterocycles. The van der Waals surface area contributed by atoms with Crippen molar-refractivity contribution in [3.8, 4) is 0 Å². The number of thiazole rings is 1. The molecule has 25 heavy (non-hydrogen) atoms. The average Bonchev–Trinajstić information content (AvgIpc) is 3.04. The third-order valence-corrected chi connectivity index (χ3v) is 4.70. The summed E-state index contributed by atoms with van der Waals surface area (Å²) in [5.74, 6) is -0.755. The van der Waals surface area contributed by atoms with E-state index in [-0.39, 0.29) is 12.3 Å². The first kappa shape index (κ1) is 17.1. The van der Waals surface area contributed by atoms with Gasteiger partial charge in [0.05, 0.1) is 21.6 Å². The van der Waals surface area contributed by atoms with Gasteiger partial charge >= 0.3 is 5.97 Å². The van der Waals surface area contributed by atoms with E-state index in [1.165, 1.54) is 0 Å². The maximum absolute atomic E-state index is 12.0. The van der Waals surface area contributed by atoms with Gasteiger partial charge in [0.15, 0.2) is 6.10 Å². The van der Waals surface area contributed by atoms with Crippen LogP contribution in [0, 0.1) is 0 Å². The number of ether oxygens (including phenoxy) is 1. The van der Waals surface area contributed by atoms with Crippen molar-refractivity contribution in [2.45, 2.75) is 25.9 Å². The number of carbonyl (C=O) groups is 2. The van der Waals surface area contributed by atoms with E-state index in [1.807, 2.05) is 42.5 Å². The molecule has 0 aliphatic heterocycles. The lowest BCUT2D eigenvalue weighted by molar-refractivity contribution is -0.153. The number of para-hydroxylation sites is 2. The van der Waals surface area contributed by atoms with Crippen molar-refractivity contribution in [2.75, 3.05) is 5.32 Å². The molecule has 0 saturated heterocycles. The Morgan fingerprint density at radius 3 is 2.60 bits per heavy atom. The summed E-state index contributed by atoms with van der Waals surface area (Å²) in [6, 6.07) is 16.9. The lowest BCUT2D eigenvalue weighted by Crippen LogP contribution is -2.30. The molecule has 1 aromatic heterocycles. The number of fused-ring (bicyclic) bond motifs is 1. The van der Waals surface area contributed by atoms with E-state index in [0.717, 1.165) is 15.2 Å². The van der Waals surface area contributed by atoms with Gasteiger partial charge in [-0.1, -0.05) is 30.3 Å². The van der Waals surface area contributed by atoms with Gasteiger partial charge in [0.2, 0.25) is 0 Å². The maximum atomic E-state index is 12.0. The first-order chi connectivity index (χ1) is 12.1. The number of hydrogen-bond acceptors (Lipinski definition) is 5. The van der Waals surface area contributed by atoms with Gasteiger partial charge in [-0.25, -0.2) is 4.98 Å². The van der Waals surface area contributed by atoms with Crippen LogP contribution in [0.15, 0.2) is 54.6 Å². The molecule has 1 amide bonds. The van der Waals surface area contributed by atoms with E-state index < -0.39 is 12.1 Å². The van der Waals surface area contributed by atoms with E-state index >= 15 is 0 Å². The lowest BCUT2D eigenvalue weighted by Gasteiger charge is -2.13. The van der Waals surface area contributed by atoms with Gasteiger partial charge in [0.25, 0.3) is 5.91 Å². The minimum absolute atomic E-state index is 0.197. The number of carbonyl (C=O) groups excluding carboxylic acids is 2. The standard InChI is InChI=1S/C19H18N2O3S/c1-13(19(23)20-14-7-3-2-4-8-14)24-18(22)12-11-17-21-15-9-5-6-10-16(15)25-17/h2-10,13H,11-12H2,1H3,(H,20,23). The van der Waals surface area contributed by atoms with Crippen LogP contribution in [0.5, 0.6) is 0 Å². The van der Waals surface area contributed by atoms with Crippen LogP contribution < -0.4 is 5.32 Å². The lowest BCUT2D eigenvalue weighted by atomic mass is 10.3. The van der Waals surface area contributed by atoms with Crippen LogP contribution in [0.2, 0.25) is 0 Å². The molecule has 6 heteroatoms. The Morgan fingerprint density at radius 2 is 1.84 bits per heavy atom. The topological polar surface area (TPSA) is 68.3 Å². The highest BCUT2D eigenvalue weighted by Crippen LogP contribution is 2.22. The molecule has 1 N–H and O–H groups in total. The summed E-state index contributed by atoms with van der Waals surface area (Å²) in [6.07, 6.45) is -0.142. The molecule has 0 radical (unpaired) electrons. The second-order valence-corrected chi connectivity index (χ2v) is 6.68. The Bertz CT molecular complexity index is 844. The van der Waals surface area contributed by atoms with Crippen LogP contribution in [0.25, 0.3) is 10.2 Å². The largest absolute Gasteiger partial charge is 0.453 e. The number of aromatic nitrogens is 1. The molecule has 5 nitrogen and oxygen atoms in total. The number of esters is 1. The van der Waals surface area contributed by atoms with E-state index in [2.05, 4.69) is 10.3 Å². The molecule has 0 saturated carbocycles. The second kappa shape index (κ2) is 7.90. The smallest absolute Gasteiger partial charge is 0.306 e. The van der Waals surface area contributed by atoms with E-state index in [9.17, 15) is 9.59 Å². The van der Waals surface area contributed by atoms with Crippen molar-refractivity contribution in [3.05, 3.63) is 59.6 Å². The van der Waals surface area contributed by atoms with E-state index in [4.69, 9.17) is 4.74 Å². The van der Waals surface area contributed by atoms with Gasteiger partial charge in [0, 0.05) is 12.1 Å². The number of rotatable bonds is 6. The zero-order chi connectivity index (χ0) is 17.6. The molecule has 0 aliphatic rings. The third-order valence-electron chi connectivity index (χ3n) is 3.60. The highest BCUT2D eigenvalue weighted by Gasteiger charge is 2.18. The van der Waals surface area contributed by atoms with Gasteiger partial charge in [-0.05, 0) is 31.2 Å². The van der Waals surface area contributed by atoms with Crippen molar-refractivity contribution in [1.29, 1.82) is 0 Å². The zero-order valence-electron chi connectivity index (χ0n) is 13.8. The summed E-state index contributed by atoms with van der Waals surface area (Å²) in [5, 5.41) is 3.60. The summed E-state index contributed by atoms with van der Waals surface area (Å²) in [6.45, 7) is 1.56. The van der Waals surface area contributed by atoms with Crippen molar-refractivity contribution < 1.29 is 14.3 Å². The highest BCUT2D eigenvalue weighted by molar-refractivity contribution is 7.18. The molecular formula is C19H18N2O3S. The van der Waals surface area contributed by atoms with Gasteiger partial charge in [0.1, 0.15) is 0 Å². The Labute approximate surface area is 149 Å². The molecule has 2 aromatic carbocycles. The summed E-state index contributed by atoms with van der Waals surface area (Å²) >= 11 is 1.57. The second-order valence-electron chi connectivity index (χ2n) is 5.56. The van der Waals surface area contributed by atoms with E-state index in [1.54, 1.807) is 30.4 Å². The van der Waals surface area contributed by atoms with Gasteiger partial charge < -0.3 is 10.1 Å². The van der Waals surface area contributed by atoms with Crippen molar-refractivity contribution in [1.82, 2.24) is 4.98 Å².